The summed E-state index contributed by atoms with van der Waals surface area (Å²) in [5.74, 6) is 1.14. The average Bonchev–Trinajstić information content (AvgIpc) is 2.26. The molecule has 0 unspecified atom stereocenters. The summed E-state index contributed by atoms with van der Waals surface area (Å²) in [4.78, 5) is 1.21. The molecule has 0 saturated carbocycles. The van der Waals surface area contributed by atoms with Crippen molar-refractivity contribution in [1.29, 1.82) is 0 Å². The summed E-state index contributed by atoms with van der Waals surface area (Å²) in [5.41, 5.74) is 1.02. The first-order chi connectivity index (χ1) is 7.27. The van der Waals surface area contributed by atoms with E-state index in [2.05, 4.69) is 28.9 Å². The van der Waals surface area contributed by atoms with Gasteiger partial charge in [-0.1, -0.05) is 35.7 Å². The average molecular weight is 289 g/mol. The predicted molar refractivity (Wildman–Crippen MR) is 70.3 cm³/mol. The van der Waals surface area contributed by atoms with Gasteiger partial charge in [0, 0.05) is 9.37 Å². The zero-order chi connectivity index (χ0) is 11.1. The molecule has 0 bridgehead atoms. The molecule has 1 N–H and O–H groups in total. The molecule has 3 heteroatoms. The fourth-order valence-electron chi connectivity index (χ4n) is 1.35. The first kappa shape index (κ1) is 13.1. The van der Waals surface area contributed by atoms with Gasteiger partial charge in [0.15, 0.2) is 0 Å². The summed E-state index contributed by atoms with van der Waals surface area (Å²) >= 11 is 5.25. The van der Waals surface area contributed by atoms with Gasteiger partial charge >= 0.3 is 0 Å². The molecule has 1 aromatic carbocycles. The van der Waals surface area contributed by atoms with Crippen molar-refractivity contribution in [2.24, 2.45) is 0 Å². The van der Waals surface area contributed by atoms with Crippen LogP contribution in [0.5, 0.6) is 0 Å². The quantitative estimate of drug-likeness (QED) is 0.625. The third-order valence-corrected chi connectivity index (χ3v) is 3.89. The van der Waals surface area contributed by atoms with Gasteiger partial charge in [-0.05, 0) is 35.9 Å². The topological polar surface area (TPSA) is 20.2 Å². The number of aliphatic hydroxyl groups is 1. The van der Waals surface area contributed by atoms with Crippen LogP contribution in [-0.2, 0) is 6.61 Å². The smallest absolute Gasteiger partial charge is 0.0693 e. The maximum Gasteiger partial charge on any atom is 0.0693 e. The van der Waals surface area contributed by atoms with Crippen molar-refractivity contribution in [1.82, 2.24) is 0 Å². The summed E-state index contributed by atoms with van der Waals surface area (Å²) in [6.07, 6.45) is 3.80. The van der Waals surface area contributed by atoms with Gasteiger partial charge in [-0.3, -0.25) is 0 Å². The molecule has 0 saturated heterocycles. The molecule has 0 fully saturated rings. The van der Waals surface area contributed by atoms with E-state index in [-0.39, 0.29) is 6.61 Å². The van der Waals surface area contributed by atoms with E-state index in [1.807, 2.05) is 23.9 Å². The second-order valence-electron chi connectivity index (χ2n) is 3.47. The van der Waals surface area contributed by atoms with Gasteiger partial charge in [-0.25, -0.2) is 0 Å². The van der Waals surface area contributed by atoms with E-state index in [1.54, 1.807) is 0 Å². The number of rotatable bonds is 6. The Balaban J connectivity index is 2.52. The Morgan fingerprint density at radius 2 is 2.13 bits per heavy atom. The summed E-state index contributed by atoms with van der Waals surface area (Å²) in [6.45, 7) is 2.33. The molecule has 0 amide bonds. The maximum absolute atomic E-state index is 9.21. The van der Waals surface area contributed by atoms with E-state index in [4.69, 9.17) is 0 Å². The molecule has 0 atom stereocenters. The molecule has 0 heterocycles. The number of hydrogen-bond acceptors (Lipinski definition) is 2. The molecule has 1 rings (SSSR count). The van der Waals surface area contributed by atoms with Crippen LogP contribution in [0.4, 0.5) is 0 Å². The number of hydrogen-bond donors (Lipinski definition) is 1. The zero-order valence-electron chi connectivity index (χ0n) is 9.00. The van der Waals surface area contributed by atoms with Crippen molar-refractivity contribution >= 4 is 27.7 Å². The highest BCUT2D eigenvalue weighted by molar-refractivity contribution is 9.10. The van der Waals surface area contributed by atoms with Gasteiger partial charge in [-0.2, -0.15) is 0 Å². The number of benzene rings is 1. The fraction of sp³-hybridized carbons (Fsp3) is 0.500. The Labute approximate surface area is 104 Å². The van der Waals surface area contributed by atoms with Crippen LogP contribution in [0, 0.1) is 0 Å². The minimum atomic E-state index is 0.121. The largest absolute Gasteiger partial charge is 0.392 e. The van der Waals surface area contributed by atoms with E-state index >= 15 is 0 Å². The zero-order valence-corrected chi connectivity index (χ0v) is 11.4. The van der Waals surface area contributed by atoms with Crippen LogP contribution in [0.2, 0.25) is 0 Å². The Kier molecular flexibility index (Phi) is 6.37. The third kappa shape index (κ3) is 4.58. The number of halogens is 1. The van der Waals surface area contributed by atoms with Crippen molar-refractivity contribution in [2.45, 2.75) is 37.7 Å². The van der Waals surface area contributed by atoms with Gasteiger partial charge in [0.1, 0.15) is 0 Å². The molecule has 0 aliphatic heterocycles. The molecule has 15 heavy (non-hydrogen) atoms. The van der Waals surface area contributed by atoms with Crippen LogP contribution >= 0.6 is 27.7 Å². The van der Waals surface area contributed by atoms with Crippen LogP contribution in [0.3, 0.4) is 0 Å². The van der Waals surface area contributed by atoms with Crippen molar-refractivity contribution < 1.29 is 5.11 Å². The number of aliphatic hydroxyl groups excluding tert-OH is 1. The summed E-state index contributed by atoms with van der Waals surface area (Å²) in [6, 6.07) is 6.09. The van der Waals surface area contributed by atoms with Gasteiger partial charge in [0.2, 0.25) is 0 Å². The van der Waals surface area contributed by atoms with E-state index in [9.17, 15) is 5.11 Å². The second-order valence-corrected chi connectivity index (χ2v) is 5.52. The lowest BCUT2D eigenvalue weighted by molar-refractivity contribution is 0.279. The second kappa shape index (κ2) is 7.31. The van der Waals surface area contributed by atoms with E-state index in [1.165, 1.54) is 24.2 Å². The Hall–Kier alpha value is 0.01000. The molecule has 1 aromatic rings. The molecule has 0 spiro atoms. The molecular weight excluding hydrogens is 272 g/mol. The first-order valence-corrected chi connectivity index (χ1v) is 7.08. The number of unbranched alkanes of at least 4 members (excludes halogenated alkanes) is 2. The SMILES string of the molecule is CCCCCSc1ccc(Br)cc1CO. The molecule has 0 aliphatic rings. The third-order valence-electron chi connectivity index (χ3n) is 2.20. The standard InChI is InChI=1S/C12H17BrOS/c1-2-3-4-7-15-12-6-5-11(13)8-10(12)9-14/h5-6,8,14H,2-4,7,9H2,1H3. The number of thioether (sulfide) groups is 1. The molecule has 0 aliphatic carbocycles. The van der Waals surface area contributed by atoms with E-state index < -0.39 is 0 Å². The van der Waals surface area contributed by atoms with Crippen molar-refractivity contribution in [3.63, 3.8) is 0 Å². The first-order valence-electron chi connectivity index (χ1n) is 5.30. The van der Waals surface area contributed by atoms with Gasteiger partial charge in [0.05, 0.1) is 6.61 Å². The Morgan fingerprint density at radius 3 is 2.80 bits per heavy atom. The minimum absolute atomic E-state index is 0.121. The summed E-state index contributed by atoms with van der Waals surface area (Å²) in [7, 11) is 0. The van der Waals surface area contributed by atoms with Crippen molar-refractivity contribution in [3.8, 4) is 0 Å². The molecule has 84 valence electrons. The predicted octanol–water partition coefficient (Wildman–Crippen LogP) is 4.22. The molecule has 0 radical (unpaired) electrons. The highest BCUT2D eigenvalue weighted by Gasteiger charge is 2.02. The lowest BCUT2D eigenvalue weighted by atomic mass is 10.2. The van der Waals surface area contributed by atoms with Crippen molar-refractivity contribution in [3.05, 3.63) is 28.2 Å². The summed E-state index contributed by atoms with van der Waals surface area (Å²) < 4.78 is 1.03. The van der Waals surface area contributed by atoms with E-state index in [0.717, 1.165) is 15.8 Å². The Morgan fingerprint density at radius 1 is 1.33 bits per heavy atom. The van der Waals surface area contributed by atoms with Crippen LogP contribution in [-0.4, -0.2) is 10.9 Å². The monoisotopic (exact) mass is 288 g/mol. The summed E-state index contributed by atoms with van der Waals surface area (Å²) in [5, 5.41) is 9.21. The van der Waals surface area contributed by atoms with Crippen LogP contribution < -0.4 is 0 Å². The van der Waals surface area contributed by atoms with Gasteiger partial charge in [0.25, 0.3) is 0 Å². The Bertz CT molecular complexity index is 302. The molecule has 0 aromatic heterocycles. The van der Waals surface area contributed by atoms with Gasteiger partial charge in [-0.15, -0.1) is 11.8 Å². The van der Waals surface area contributed by atoms with Crippen LogP contribution in [0.15, 0.2) is 27.6 Å². The highest BCUT2D eigenvalue weighted by Crippen LogP contribution is 2.26. The molecule has 1 nitrogen and oxygen atoms in total. The lowest BCUT2D eigenvalue weighted by Crippen LogP contribution is -1.89. The van der Waals surface area contributed by atoms with Gasteiger partial charge < -0.3 is 5.11 Å². The highest BCUT2D eigenvalue weighted by atomic mass is 79.9. The van der Waals surface area contributed by atoms with Crippen LogP contribution in [0.1, 0.15) is 31.7 Å². The fourth-order valence-corrected chi connectivity index (χ4v) is 2.80. The minimum Gasteiger partial charge on any atom is -0.392 e. The molecular formula is C12H17BrOS. The van der Waals surface area contributed by atoms with E-state index in [0.29, 0.717) is 0 Å². The lowest BCUT2D eigenvalue weighted by Gasteiger charge is -2.07. The maximum atomic E-state index is 9.21. The normalized spacial score (nSPS) is 10.6. The van der Waals surface area contributed by atoms with Crippen molar-refractivity contribution in [2.75, 3.05) is 5.75 Å². The van der Waals surface area contributed by atoms with Crippen LogP contribution in [0.25, 0.3) is 0 Å².